The molecule has 13 rings (SSSR count). The predicted octanol–water partition coefficient (Wildman–Crippen LogP) is 15.7. The maximum atomic E-state index is 5.42. The molecule has 424 valence electrons. The lowest BCUT2D eigenvalue weighted by molar-refractivity contribution is 0.590. The van der Waals surface area contributed by atoms with Crippen LogP contribution in [0.2, 0.25) is 0 Å². The Morgan fingerprint density at radius 3 is 1.40 bits per heavy atom. The zero-order chi connectivity index (χ0) is 60.2. The quantitative estimate of drug-likeness (QED) is 0.106. The summed E-state index contributed by atoms with van der Waals surface area (Å²) in [6.45, 7) is 33.3. The van der Waals surface area contributed by atoms with Gasteiger partial charge in [0.1, 0.15) is 0 Å². The van der Waals surface area contributed by atoms with Gasteiger partial charge in [0.05, 0.1) is 11.0 Å². The molecule has 2 aliphatic heterocycles. The van der Waals surface area contributed by atoms with Crippen LogP contribution in [0.5, 0.6) is 0 Å². The Morgan fingerprint density at radius 2 is 0.930 bits per heavy atom. The van der Waals surface area contributed by atoms with Crippen molar-refractivity contribution in [3.8, 4) is 68.3 Å². The van der Waals surface area contributed by atoms with Crippen LogP contribution in [-0.4, -0.2) is 45.8 Å². The third-order valence-electron chi connectivity index (χ3n) is 17.3. The molecule has 0 N–H and O–H groups in total. The van der Waals surface area contributed by atoms with E-state index in [1.54, 1.807) is 0 Å². The van der Waals surface area contributed by atoms with Gasteiger partial charge in [-0.1, -0.05) is 253 Å². The van der Waals surface area contributed by atoms with Crippen LogP contribution >= 0.6 is 0 Å². The van der Waals surface area contributed by atoms with Crippen LogP contribution in [0.25, 0.3) is 108 Å². The summed E-state index contributed by atoms with van der Waals surface area (Å²) < 4.78 is 4.89. The first-order valence-electron chi connectivity index (χ1n) is 30.1. The molecule has 0 amide bonds. The second kappa shape index (κ2) is 20.7. The largest absolute Gasteiger partial charge is 0.311 e. The van der Waals surface area contributed by atoms with Gasteiger partial charge in [0.15, 0.2) is 34.9 Å². The summed E-state index contributed by atoms with van der Waals surface area (Å²) in [5.41, 5.74) is 18.3. The number of para-hydroxylation sites is 1. The standard InChI is InChI=1S/C77H73BN8/c1-15-17-18-22-55-45-59(56(16-2)72-81-68(47-27-35-51(36-28-47)74(3,4)5)79-69(82-72)48-29-37-52(38-30-48)75(6,7)8)64-46-78-60-44-43-58(65-57-23-19-20-24-61(57)86(67(60)65)63-26-21-25-62(66(63)78)85(55)64)73-83-70(49-31-39-53(40-32-49)76(9,10)11)80-71(84-73)50-33-41-54(42-34-50)77(12,13)14/h15-46H,2H2,1,3-14H3/b17-15-,22-18-,59-56+. The van der Waals surface area contributed by atoms with Crippen molar-refractivity contribution in [3.05, 3.63) is 233 Å². The molecular formula is C77H73BN8. The second-order valence-electron chi connectivity index (χ2n) is 27.3. The molecule has 7 aromatic carbocycles. The fraction of sp³-hybridized carbons (Fsp3) is 0.221. The Kier molecular flexibility index (Phi) is 13.5. The van der Waals surface area contributed by atoms with Gasteiger partial charge in [0, 0.05) is 71.8 Å². The van der Waals surface area contributed by atoms with Crippen LogP contribution < -0.4 is 21.5 Å². The van der Waals surface area contributed by atoms with Crippen molar-refractivity contribution in [1.29, 1.82) is 0 Å². The van der Waals surface area contributed by atoms with Crippen molar-refractivity contribution in [3.63, 3.8) is 0 Å². The van der Waals surface area contributed by atoms with Gasteiger partial charge < -0.3 is 9.13 Å². The Bertz CT molecular complexity index is 4570. The van der Waals surface area contributed by atoms with Crippen molar-refractivity contribution >= 4 is 57.1 Å². The van der Waals surface area contributed by atoms with Crippen molar-refractivity contribution in [2.45, 2.75) is 112 Å². The van der Waals surface area contributed by atoms with E-state index in [0.717, 1.165) is 82.8 Å². The molecule has 0 fully saturated rings. The average Bonchev–Trinajstić information content (AvgIpc) is 1.57. The average molecular weight is 1120 g/mol. The molecule has 0 saturated heterocycles. The Labute approximate surface area is 506 Å². The maximum Gasteiger partial charge on any atom is 0.244 e. The van der Waals surface area contributed by atoms with Crippen LogP contribution in [0.15, 0.2) is 189 Å². The van der Waals surface area contributed by atoms with E-state index < -0.39 is 0 Å². The summed E-state index contributed by atoms with van der Waals surface area (Å²) >= 11 is 0. The summed E-state index contributed by atoms with van der Waals surface area (Å²) in [7, 11) is 0. The Morgan fingerprint density at radius 1 is 0.477 bits per heavy atom. The molecule has 4 aromatic heterocycles. The smallest absolute Gasteiger partial charge is 0.244 e. The normalized spacial score (nSPS) is 13.6. The highest BCUT2D eigenvalue weighted by molar-refractivity contribution is 6.99. The molecular weight excluding hydrogens is 1050 g/mol. The molecule has 0 unspecified atom stereocenters. The lowest BCUT2D eigenvalue weighted by Gasteiger charge is -2.30. The first kappa shape index (κ1) is 55.8. The van der Waals surface area contributed by atoms with E-state index in [9.17, 15) is 0 Å². The second-order valence-corrected chi connectivity index (χ2v) is 27.3. The van der Waals surface area contributed by atoms with Crippen molar-refractivity contribution in [2.75, 3.05) is 0 Å². The van der Waals surface area contributed by atoms with E-state index in [4.69, 9.17) is 29.9 Å². The number of nitrogens with zero attached hydrogens (tertiary/aromatic N) is 8. The highest BCUT2D eigenvalue weighted by Gasteiger charge is 2.37. The minimum Gasteiger partial charge on any atom is -0.311 e. The molecule has 0 spiro atoms. The van der Waals surface area contributed by atoms with E-state index in [2.05, 4.69) is 287 Å². The highest BCUT2D eigenvalue weighted by atomic mass is 15.1. The number of allylic oxidation sites excluding steroid dienone is 4. The zero-order valence-corrected chi connectivity index (χ0v) is 51.8. The highest BCUT2D eigenvalue weighted by Crippen LogP contribution is 2.41. The number of hydrogen-bond donors (Lipinski definition) is 0. The molecule has 6 heterocycles. The van der Waals surface area contributed by atoms with Crippen molar-refractivity contribution < 1.29 is 0 Å². The van der Waals surface area contributed by atoms with Crippen LogP contribution in [0.1, 0.15) is 124 Å². The van der Waals surface area contributed by atoms with Gasteiger partial charge in [-0.2, -0.15) is 0 Å². The van der Waals surface area contributed by atoms with E-state index in [1.165, 1.54) is 33.2 Å². The van der Waals surface area contributed by atoms with Crippen LogP contribution in [0.4, 0.5) is 0 Å². The van der Waals surface area contributed by atoms with Crippen molar-refractivity contribution in [1.82, 2.24) is 39.0 Å². The molecule has 86 heavy (non-hydrogen) atoms. The van der Waals surface area contributed by atoms with E-state index in [0.29, 0.717) is 34.9 Å². The molecule has 11 aromatic rings. The molecule has 2 aliphatic rings. The number of aromatic nitrogens is 8. The van der Waals surface area contributed by atoms with Gasteiger partial charge in [0.25, 0.3) is 0 Å². The van der Waals surface area contributed by atoms with Crippen LogP contribution in [-0.2, 0) is 21.7 Å². The molecule has 8 nitrogen and oxygen atoms in total. The minimum atomic E-state index is -0.145. The summed E-state index contributed by atoms with van der Waals surface area (Å²) in [5, 5.41) is 4.23. The zero-order valence-electron chi connectivity index (χ0n) is 51.8. The SMILES string of the molecule is C=C/C(c1nc(-c2ccc(C(C)(C)C)cc2)nc(-c2ccc(C(C)(C)C)cc2)n1)=c1/cc(/C=C\C=C/C)n2c1=CB1c3c-2cccc3-n2c3ccccc3c3c(-c4nc(-c5ccc(C(C)(C)C)cc5)nc(-c5ccc(C(C)(C)C)cc5)n4)ccc1c32. The van der Waals surface area contributed by atoms with Crippen molar-refractivity contribution in [2.24, 2.45) is 0 Å². The van der Waals surface area contributed by atoms with E-state index in [1.807, 2.05) is 13.0 Å². The van der Waals surface area contributed by atoms with Gasteiger partial charge >= 0.3 is 0 Å². The monoisotopic (exact) mass is 1120 g/mol. The Hall–Kier alpha value is -9.34. The first-order chi connectivity index (χ1) is 41.1. The molecule has 9 heteroatoms. The maximum absolute atomic E-state index is 5.42. The summed E-state index contributed by atoms with van der Waals surface area (Å²) in [6, 6.07) is 57.1. The number of fused-ring (bicyclic) bond motifs is 7. The summed E-state index contributed by atoms with van der Waals surface area (Å²) in [5.74, 6) is 6.08. The number of hydrogen-bond acceptors (Lipinski definition) is 6. The van der Waals surface area contributed by atoms with E-state index >= 15 is 0 Å². The third kappa shape index (κ3) is 9.77. The molecule has 0 aliphatic carbocycles. The van der Waals surface area contributed by atoms with Crippen LogP contribution in [0.3, 0.4) is 0 Å². The third-order valence-corrected chi connectivity index (χ3v) is 17.3. The summed E-state index contributed by atoms with van der Waals surface area (Å²) in [4.78, 5) is 32.0. The number of rotatable bonds is 9. The molecule has 0 atom stereocenters. The fourth-order valence-electron chi connectivity index (χ4n) is 12.4. The predicted molar refractivity (Wildman–Crippen MR) is 361 cm³/mol. The lowest BCUT2D eigenvalue weighted by Crippen LogP contribution is -2.54. The van der Waals surface area contributed by atoms with Crippen LogP contribution in [0, 0.1) is 0 Å². The summed E-state index contributed by atoms with van der Waals surface area (Å²) in [6.07, 6.45) is 10.4. The van der Waals surface area contributed by atoms with Gasteiger partial charge in [-0.05, 0) is 92.1 Å². The minimum absolute atomic E-state index is 0.00541. The topological polar surface area (TPSA) is 87.2 Å². The van der Waals surface area contributed by atoms with Gasteiger partial charge in [-0.3, -0.25) is 0 Å². The lowest BCUT2D eigenvalue weighted by atomic mass is 9.38. The molecule has 0 bridgehead atoms. The first-order valence-corrected chi connectivity index (χ1v) is 30.1. The molecule has 0 radical (unpaired) electrons. The van der Waals surface area contributed by atoms with Gasteiger partial charge in [-0.15, -0.1) is 0 Å². The molecule has 0 saturated carbocycles. The Balaban J connectivity index is 1.05. The van der Waals surface area contributed by atoms with Gasteiger partial charge in [-0.25, -0.2) is 29.9 Å². The number of benzene rings is 7. The van der Waals surface area contributed by atoms with Gasteiger partial charge in [0.2, 0.25) is 6.71 Å². The fourth-order valence-corrected chi connectivity index (χ4v) is 12.4. The van der Waals surface area contributed by atoms with E-state index in [-0.39, 0.29) is 28.4 Å².